The Kier molecular flexibility index (Phi) is 5.74. The molecule has 4 heteroatoms. The molecule has 2 rings (SSSR count). The molecule has 1 unspecified atom stereocenters. The summed E-state index contributed by atoms with van der Waals surface area (Å²) in [7, 11) is 0. The lowest BCUT2D eigenvalue weighted by atomic mass is 10.0. The predicted molar refractivity (Wildman–Crippen MR) is 96.0 cm³/mol. The van der Waals surface area contributed by atoms with Crippen LogP contribution in [0.25, 0.3) is 0 Å². The van der Waals surface area contributed by atoms with Crippen LogP contribution in [0.1, 0.15) is 45.6 Å². The van der Waals surface area contributed by atoms with E-state index in [2.05, 4.69) is 10.6 Å². The molecule has 0 aliphatic carbocycles. The van der Waals surface area contributed by atoms with E-state index < -0.39 is 0 Å². The molecule has 2 aromatic rings. The molecule has 4 nitrogen and oxygen atoms in total. The van der Waals surface area contributed by atoms with Gasteiger partial charge in [-0.15, -0.1) is 0 Å². The van der Waals surface area contributed by atoms with Gasteiger partial charge in [0.2, 0.25) is 5.91 Å². The Labute approximate surface area is 143 Å². The summed E-state index contributed by atoms with van der Waals surface area (Å²) in [6.07, 6.45) is 0. The minimum Gasteiger partial charge on any atom is -0.348 e. The van der Waals surface area contributed by atoms with Crippen LogP contribution in [0.5, 0.6) is 0 Å². The smallest absolute Gasteiger partial charge is 0.251 e. The zero-order valence-electron chi connectivity index (χ0n) is 14.6. The Hall–Kier alpha value is -2.62. The van der Waals surface area contributed by atoms with E-state index >= 15 is 0 Å². The molecule has 0 radical (unpaired) electrons. The number of carbonyl (C=O) groups is 2. The first-order chi connectivity index (χ1) is 11.4. The molecule has 2 N–H and O–H groups in total. The summed E-state index contributed by atoms with van der Waals surface area (Å²) in [6.45, 7) is 7.80. The molecular formula is C20H24N2O2. The highest BCUT2D eigenvalue weighted by Gasteiger charge is 2.13. The number of hydrogen-bond donors (Lipinski definition) is 2. The van der Waals surface area contributed by atoms with Crippen LogP contribution in [0.4, 0.5) is 0 Å². The van der Waals surface area contributed by atoms with Gasteiger partial charge in [0.25, 0.3) is 5.91 Å². The average Bonchev–Trinajstić information content (AvgIpc) is 2.52. The van der Waals surface area contributed by atoms with Crippen molar-refractivity contribution in [2.45, 2.75) is 33.7 Å². The number of aryl methyl sites for hydroxylation is 3. The van der Waals surface area contributed by atoms with Gasteiger partial charge in [0.15, 0.2) is 0 Å². The molecule has 0 aliphatic rings. The Morgan fingerprint density at radius 3 is 2.25 bits per heavy atom. The van der Waals surface area contributed by atoms with Crippen molar-refractivity contribution in [3.8, 4) is 0 Å². The lowest BCUT2D eigenvalue weighted by Crippen LogP contribution is -2.38. The molecule has 0 spiro atoms. The van der Waals surface area contributed by atoms with Crippen LogP contribution in [-0.4, -0.2) is 18.4 Å². The van der Waals surface area contributed by atoms with Gasteiger partial charge in [0.1, 0.15) is 0 Å². The lowest BCUT2D eigenvalue weighted by molar-refractivity contribution is -0.120. The van der Waals surface area contributed by atoms with Crippen LogP contribution >= 0.6 is 0 Å². The molecule has 2 aromatic carbocycles. The van der Waals surface area contributed by atoms with Crippen LogP contribution in [0, 0.1) is 20.8 Å². The van der Waals surface area contributed by atoms with Crippen molar-refractivity contribution in [3.05, 3.63) is 70.3 Å². The average molecular weight is 324 g/mol. The molecule has 0 fully saturated rings. The zero-order chi connectivity index (χ0) is 17.7. The van der Waals surface area contributed by atoms with Gasteiger partial charge in [-0.2, -0.15) is 0 Å². The molecule has 0 bridgehead atoms. The Balaban J connectivity index is 1.91. The van der Waals surface area contributed by atoms with Crippen molar-refractivity contribution in [3.63, 3.8) is 0 Å². The second-order valence-electron chi connectivity index (χ2n) is 6.20. The summed E-state index contributed by atoms with van der Waals surface area (Å²) in [6, 6.07) is 13.5. The van der Waals surface area contributed by atoms with Crippen molar-refractivity contribution < 1.29 is 9.59 Å². The maximum atomic E-state index is 12.2. The number of rotatable bonds is 5. The molecule has 0 aromatic heterocycles. The predicted octanol–water partition coefficient (Wildman–Crippen LogP) is 3.22. The van der Waals surface area contributed by atoms with E-state index in [-0.39, 0.29) is 24.4 Å². The largest absolute Gasteiger partial charge is 0.348 e. The van der Waals surface area contributed by atoms with E-state index in [0.29, 0.717) is 5.56 Å². The van der Waals surface area contributed by atoms with Gasteiger partial charge in [0, 0.05) is 5.56 Å². The molecular weight excluding hydrogens is 300 g/mol. The number of benzene rings is 2. The maximum Gasteiger partial charge on any atom is 0.251 e. The summed E-state index contributed by atoms with van der Waals surface area (Å²) in [5, 5.41) is 5.59. The highest BCUT2D eigenvalue weighted by atomic mass is 16.2. The minimum absolute atomic E-state index is 0.0396. The van der Waals surface area contributed by atoms with Crippen LogP contribution < -0.4 is 10.6 Å². The fourth-order valence-corrected chi connectivity index (χ4v) is 2.81. The van der Waals surface area contributed by atoms with E-state index in [1.807, 2.05) is 70.2 Å². The van der Waals surface area contributed by atoms with E-state index in [4.69, 9.17) is 0 Å². The first kappa shape index (κ1) is 17.7. The summed E-state index contributed by atoms with van der Waals surface area (Å²) in [5.41, 5.74) is 4.83. The van der Waals surface area contributed by atoms with E-state index in [1.54, 1.807) is 0 Å². The summed E-state index contributed by atoms with van der Waals surface area (Å²) < 4.78 is 0. The standard InChI is InChI=1S/C20H24N2O2/c1-13-9-14(2)11-17(10-13)20(24)21-12-19(23)22-16(4)18-8-6-5-7-15(18)3/h5-11,16H,12H2,1-4H3,(H,21,24)(H,22,23). The Bertz CT molecular complexity index is 733. The van der Waals surface area contributed by atoms with Crippen molar-refractivity contribution >= 4 is 11.8 Å². The molecule has 0 saturated carbocycles. The first-order valence-electron chi connectivity index (χ1n) is 8.08. The summed E-state index contributed by atoms with van der Waals surface area (Å²) in [4.78, 5) is 24.3. The number of amides is 2. The van der Waals surface area contributed by atoms with Crippen molar-refractivity contribution in [1.29, 1.82) is 0 Å². The van der Waals surface area contributed by atoms with Crippen LogP contribution in [0.3, 0.4) is 0 Å². The minimum atomic E-state index is -0.236. The fourth-order valence-electron chi connectivity index (χ4n) is 2.81. The Morgan fingerprint density at radius 2 is 1.62 bits per heavy atom. The third-order valence-electron chi connectivity index (χ3n) is 3.93. The number of hydrogen-bond acceptors (Lipinski definition) is 2. The van der Waals surface area contributed by atoms with Crippen molar-refractivity contribution in [2.75, 3.05) is 6.54 Å². The van der Waals surface area contributed by atoms with Gasteiger partial charge in [-0.3, -0.25) is 9.59 Å². The third-order valence-corrected chi connectivity index (χ3v) is 3.93. The second-order valence-corrected chi connectivity index (χ2v) is 6.20. The summed E-state index contributed by atoms with van der Waals surface area (Å²) in [5.74, 6) is -0.441. The topological polar surface area (TPSA) is 58.2 Å². The van der Waals surface area contributed by atoms with Crippen molar-refractivity contribution in [1.82, 2.24) is 10.6 Å². The highest BCUT2D eigenvalue weighted by molar-refractivity contribution is 5.96. The van der Waals surface area contributed by atoms with Crippen LogP contribution in [-0.2, 0) is 4.79 Å². The monoisotopic (exact) mass is 324 g/mol. The molecule has 1 atom stereocenters. The molecule has 0 aliphatic heterocycles. The van der Waals surface area contributed by atoms with Gasteiger partial charge >= 0.3 is 0 Å². The van der Waals surface area contributed by atoms with E-state index in [1.165, 1.54) is 0 Å². The number of nitrogens with one attached hydrogen (secondary N) is 2. The normalized spacial score (nSPS) is 11.7. The summed E-state index contributed by atoms with van der Waals surface area (Å²) >= 11 is 0. The maximum absolute atomic E-state index is 12.2. The van der Waals surface area contributed by atoms with Gasteiger partial charge in [-0.25, -0.2) is 0 Å². The SMILES string of the molecule is Cc1cc(C)cc(C(=O)NCC(=O)NC(C)c2ccccc2C)c1. The molecule has 0 heterocycles. The van der Waals surface area contributed by atoms with Crippen molar-refractivity contribution in [2.24, 2.45) is 0 Å². The molecule has 0 saturated heterocycles. The van der Waals surface area contributed by atoms with Crippen LogP contribution in [0.15, 0.2) is 42.5 Å². The van der Waals surface area contributed by atoms with Gasteiger partial charge in [-0.1, -0.05) is 41.5 Å². The third kappa shape index (κ3) is 4.69. The quantitative estimate of drug-likeness (QED) is 0.887. The second kappa shape index (κ2) is 7.77. The zero-order valence-corrected chi connectivity index (χ0v) is 14.6. The number of carbonyl (C=O) groups excluding carboxylic acids is 2. The first-order valence-corrected chi connectivity index (χ1v) is 8.08. The molecule has 24 heavy (non-hydrogen) atoms. The van der Waals surface area contributed by atoms with E-state index in [0.717, 1.165) is 22.3 Å². The fraction of sp³-hybridized carbons (Fsp3) is 0.300. The molecule has 126 valence electrons. The van der Waals surface area contributed by atoms with E-state index in [9.17, 15) is 9.59 Å². The van der Waals surface area contributed by atoms with Gasteiger partial charge in [0.05, 0.1) is 12.6 Å². The van der Waals surface area contributed by atoms with Crippen LogP contribution in [0.2, 0.25) is 0 Å². The lowest BCUT2D eigenvalue weighted by Gasteiger charge is -2.16. The highest BCUT2D eigenvalue weighted by Crippen LogP contribution is 2.16. The molecule has 2 amide bonds. The Morgan fingerprint density at radius 1 is 1.00 bits per heavy atom. The van der Waals surface area contributed by atoms with Gasteiger partial charge in [-0.05, 0) is 51.0 Å². The van der Waals surface area contributed by atoms with Gasteiger partial charge < -0.3 is 10.6 Å².